The van der Waals surface area contributed by atoms with Crippen LogP contribution in [0.1, 0.15) is 46.3 Å². The maximum Gasteiger partial charge on any atom is 0.428 e. The van der Waals surface area contributed by atoms with Gasteiger partial charge >= 0.3 is 6.09 Å². The fourth-order valence-corrected chi connectivity index (χ4v) is 2.09. The monoisotopic (exact) mass is 318 g/mol. The van der Waals surface area contributed by atoms with Crippen molar-refractivity contribution in [3.63, 3.8) is 0 Å². The van der Waals surface area contributed by atoms with Crippen molar-refractivity contribution >= 4 is 17.1 Å². The maximum absolute atomic E-state index is 11.9. The van der Waals surface area contributed by atoms with E-state index in [-0.39, 0.29) is 0 Å². The second kappa shape index (κ2) is 6.37. The smallest absolute Gasteiger partial charge is 0.428 e. The average molecular weight is 318 g/mol. The van der Waals surface area contributed by atoms with Crippen molar-refractivity contribution in [1.82, 2.24) is 15.1 Å². The van der Waals surface area contributed by atoms with Gasteiger partial charge in [0.05, 0.1) is 0 Å². The molecule has 0 aliphatic carbocycles. The van der Waals surface area contributed by atoms with Crippen molar-refractivity contribution in [1.29, 1.82) is 0 Å². The normalized spacial score (nSPS) is 13.9. The number of allylic oxidation sites excluding steroid dienone is 1. The van der Waals surface area contributed by atoms with E-state index in [4.69, 9.17) is 4.74 Å². The predicted octanol–water partition coefficient (Wildman–Crippen LogP) is 2.91. The highest BCUT2D eigenvalue weighted by Gasteiger charge is 2.20. The van der Waals surface area contributed by atoms with Crippen LogP contribution in [-0.4, -0.2) is 31.9 Å². The Labute approximate surface area is 134 Å². The van der Waals surface area contributed by atoms with E-state index in [2.05, 4.69) is 15.7 Å². The highest BCUT2D eigenvalue weighted by Crippen LogP contribution is 2.27. The van der Waals surface area contributed by atoms with Gasteiger partial charge < -0.3 is 9.84 Å². The van der Waals surface area contributed by atoms with Gasteiger partial charge in [-0.05, 0) is 51.5 Å². The van der Waals surface area contributed by atoms with E-state index in [9.17, 15) is 9.90 Å². The molecule has 2 aromatic rings. The van der Waals surface area contributed by atoms with Gasteiger partial charge in [-0.1, -0.05) is 18.2 Å². The number of para-hydroxylation sites is 1. The highest BCUT2D eigenvalue weighted by atomic mass is 16.6. The molecule has 7 heteroatoms. The average Bonchev–Trinajstić information content (AvgIpc) is 2.86. The van der Waals surface area contributed by atoms with Crippen LogP contribution in [0.5, 0.6) is 0 Å². The zero-order valence-corrected chi connectivity index (χ0v) is 14.0. The molecule has 0 bridgehead atoms. The Morgan fingerprint density at radius 1 is 1.43 bits per heavy atom. The van der Waals surface area contributed by atoms with Crippen molar-refractivity contribution in [3.05, 3.63) is 35.4 Å². The first-order chi connectivity index (χ1) is 10.7. The Morgan fingerprint density at radius 3 is 2.74 bits per heavy atom. The molecule has 1 aromatic carbocycles. The molecule has 0 aliphatic heterocycles. The zero-order valence-electron chi connectivity index (χ0n) is 14.0. The summed E-state index contributed by atoms with van der Waals surface area (Å²) >= 11 is 0. The van der Waals surface area contributed by atoms with E-state index in [0.29, 0.717) is 16.6 Å². The Morgan fingerprint density at radius 2 is 2.13 bits per heavy atom. The summed E-state index contributed by atoms with van der Waals surface area (Å²) in [5.74, 6) is 0. The molecular weight excluding hydrogens is 296 g/mol. The van der Waals surface area contributed by atoms with E-state index in [1.165, 1.54) is 4.79 Å². The third-order valence-corrected chi connectivity index (χ3v) is 3.28. The van der Waals surface area contributed by atoms with Crippen LogP contribution in [0.3, 0.4) is 0 Å². The minimum absolute atomic E-state index is 0.534. The van der Waals surface area contributed by atoms with Crippen molar-refractivity contribution in [2.45, 2.75) is 46.3 Å². The Hall–Kier alpha value is -2.41. The van der Waals surface area contributed by atoms with Crippen molar-refractivity contribution in [3.8, 4) is 0 Å². The first-order valence-corrected chi connectivity index (χ1v) is 7.38. The summed E-state index contributed by atoms with van der Waals surface area (Å²) in [6.07, 6.45) is 0.386. The first-order valence-electron chi connectivity index (χ1n) is 7.38. The number of aliphatic hydroxyl groups excluding tert-OH is 1. The Kier molecular flexibility index (Phi) is 4.70. The molecule has 0 saturated heterocycles. The molecule has 0 aliphatic rings. The van der Waals surface area contributed by atoms with Gasteiger partial charge in [0.25, 0.3) is 0 Å². The number of hydrogen-bond acceptors (Lipinski definition) is 5. The van der Waals surface area contributed by atoms with Gasteiger partial charge in [-0.2, -0.15) is 0 Å². The number of hydrogen-bond donors (Lipinski definition) is 2. The molecule has 0 spiro atoms. The second-order valence-corrected chi connectivity index (χ2v) is 6.27. The van der Waals surface area contributed by atoms with Crippen molar-refractivity contribution in [2.24, 2.45) is 0 Å². The summed E-state index contributed by atoms with van der Waals surface area (Å²) in [5.41, 5.74) is 4.41. The largest absolute Gasteiger partial charge is 0.443 e. The van der Waals surface area contributed by atoms with Gasteiger partial charge in [0.2, 0.25) is 0 Å². The summed E-state index contributed by atoms with van der Waals surface area (Å²) in [6, 6.07) is 5.32. The van der Waals surface area contributed by atoms with Crippen molar-refractivity contribution < 1.29 is 14.6 Å². The molecule has 124 valence electrons. The maximum atomic E-state index is 11.9. The molecule has 7 nitrogen and oxygen atoms in total. The molecule has 1 heterocycles. The van der Waals surface area contributed by atoms with E-state index < -0.39 is 17.8 Å². The number of aromatic nitrogens is 3. The van der Waals surface area contributed by atoms with Crippen LogP contribution < -0.4 is 5.43 Å². The van der Waals surface area contributed by atoms with Gasteiger partial charge in [-0.25, -0.2) is 10.2 Å². The van der Waals surface area contributed by atoms with Crippen LogP contribution in [0.4, 0.5) is 4.79 Å². The zero-order chi connectivity index (χ0) is 17.2. The van der Waals surface area contributed by atoms with E-state index >= 15 is 0 Å². The molecule has 0 radical (unpaired) electrons. The quantitative estimate of drug-likeness (QED) is 0.849. The number of carbonyl (C=O) groups excluding carboxylic acids is 1. The van der Waals surface area contributed by atoms with Crippen LogP contribution in [0.2, 0.25) is 0 Å². The lowest BCUT2D eigenvalue weighted by Crippen LogP contribution is -2.32. The second-order valence-electron chi connectivity index (χ2n) is 6.27. The molecule has 0 fully saturated rings. The molecule has 2 rings (SSSR count). The van der Waals surface area contributed by atoms with Crippen LogP contribution in [0.15, 0.2) is 29.8 Å². The highest BCUT2D eigenvalue weighted by molar-refractivity contribution is 5.83. The number of amides is 1. The van der Waals surface area contributed by atoms with Gasteiger partial charge in [0.15, 0.2) is 0 Å². The van der Waals surface area contributed by atoms with Gasteiger partial charge in [-0.15, -0.1) is 9.89 Å². The van der Waals surface area contributed by atoms with Gasteiger partial charge in [0, 0.05) is 5.56 Å². The van der Waals surface area contributed by atoms with Crippen molar-refractivity contribution in [2.75, 3.05) is 5.43 Å². The lowest BCUT2D eigenvalue weighted by Gasteiger charge is -2.20. The number of nitrogens with one attached hydrogen (secondary N) is 1. The summed E-state index contributed by atoms with van der Waals surface area (Å²) in [7, 11) is 0. The topological polar surface area (TPSA) is 89.3 Å². The minimum Gasteiger partial charge on any atom is -0.443 e. The molecule has 23 heavy (non-hydrogen) atoms. The number of ether oxygens (including phenoxy) is 1. The predicted molar refractivity (Wildman–Crippen MR) is 87.5 cm³/mol. The molecule has 1 aromatic heterocycles. The molecule has 2 N–H and O–H groups in total. The van der Waals surface area contributed by atoms with Crippen LogP contribution in [0, 0.1) is 0 Å². The Bertz CT molecular complexity index is 743. The molecular formula is C16H22N4O3. The van der Waals surface area contributed by atoms with Gasteiger partial charge in [-0.3, -0.25) is 0 Å². The number of fused-ring (bicyclic) bond motifs is 1. The lowest BCUT2D eigenvalue weighted by molar-refractivity contribution is 0.0610. The number of carbonyl (C=O) groups is 1. The standard InChI is InChI=1S/C16H22N4O3/c1-6-10(2)14(21)11-8-7-9-12-13(11)20(19-17-12)18-15(22)23-16(3,4)5/h6-9,14,21H,1-5H3,(H,18,22)/b10-6+. The number of nitrogens with zero attached hydrogens (tertiary/aromatic N) is 3. The summed E-state index contributed by atoms with van der Waals surface area (Å²) in [4.78, 5) is 13.2. The summed E-state index contributed by atoms with van der Waals surface area (Å²) in [6.45, 7) is 9.01. The van der Waals surface area contributed by atoms with E-state index in [1.54, 1.807) is 39.0 Å². The third-order valence-electron chi connectivity index (χ3n) is 3.28. The van der Waals surface area contributed by atoms with E-state index in [1.807, 2.05) is 19.9 Å². The van der Waals surface area contributed by atoms with Crippen LogP contribution in [-0.2, 0) is 4.74 Å². The molecule has 0 saturated carbocycles. The Balaban J connectivity index is 2.41. The number of benzene rings is 1. The summed E-state index contributed by atoms with van der Waals surface area (Å²) in [5, 5.41) is 18.4. The van der Waals surface area contributed by atoms with E-state index in [0.717, 1.165) is 5.57 Å². The fourth-order valence-electron chi connectivity index (χ4n) is 2.09. The SMILES string of the molecule is C/C=C(\C)C(O)c1cccc2nnn(NC(=O)OC(C)(C)C)c12. The molecule has 1 atom stereocenters. The molecule has 1 amide bonds. The van der Waals surface area contributed by atoms with Gasteiger partial charge in [0.1, 0.15) is 22.7 Å². The summed E-state index contributed by atoms with van der Waals surface area (Å²) < 4.78 is 5.22. The fraction of sp³-hybridized carbons (Fsp3) is 0.438. The molecule has 1 unspecified atom stereocenters. The minimum atomic E-state index is -0.804. The van der Waals surface area contributed by atoms with Crippen LogP contribution >= 0.6 is 0 Å². The number of aliphatic hydroxyl groups is 1. The van der Waals surface area contributed by atoms with Crippen LogP contribution in [0.25, 0.3) is 11.0 Å². The number of rotatable bonds is 3. The third kappa shape index (κ3) is 3.87. The first kappa shape index (κ1) is 17.0. The lowest BCUT2D eigenvalue weighted by atomic mass is 10.0.